The third kappa shape index (κ3) is 1.59. The molecule has 0 bridgehead atoms. The number of rotatable bonds is 3. The van der Waals surface area contributed by atoms with E-state index >= 15 is 0 Å². The molecule has 1 aliphatic rings. The molecule has 0 amide bonds. The van der Waals surface area contributed by atoms with Gasteiger partial charge in [0.05, 0.1) is 19.9 Å². The van der Waals surface area contributed by atoms with Gasteiger partial charge in [0.15, 0.2) is 0 Å². The highest BCUT2D eigenvalue weighted by Crippen LogP contribution is 2.45. The lowest BCUT2D eigenvalue weighted by Crippen LogP contribution is -2.26. The summed E-state index contributed by atoms with van der Waals surface area (Å²) in [5, 5.41) is 3.34. The van der Waals surface area contributed by atoms with Gasteiger partial charge in [-0.25, -0.2) is 0 Å². The number of fused-ring (bicyclic) bond motifs is 1. The highest BCUT2D eigenvalue weighted by atomic mass is 16.5. The maximum atomic E-state index is 5.99. The third-order valence-electron chi connectivity index (χ3n) is 3.11. The van der Waals surface area contributed by atoms with Gasteiger partial charge in [0, 0.05) is 24.1 Å². The van der Waals surface area contributed by atoms with Crippen LogP contribution in [-0.4, -0.2) is 26.8 Å². The van der Waals surface area contributed by atoms with Gasteiger partial charge in [-0.1, -0.05) is 0 Å². The minimum Gasteiger partial charge on any atom is -0.496 e. The van der Waals surface area contributed by atoms with Crippen LogP contribution >= 0.6 is 0 Å². The van der Waals surface area contributed by atoms with Gasteiger partial charge in [0.25, 0.3) is 0 Å². The van der Waals surface area contributed by atoms with Crippen molar-refractivity contribution in [3.8, 4) is 11.5 Å². The highest BCUT2D eigenvalue weighted by molar-refractivity contribution is 5.71. The summed E-state index contributed by atoms with van der Waals surface area (Å²) in [5.74, 6) is 2.00. The average Bonchev–Trinajstić information content (AvgIpc) is 2.72. The lowest BCUT2D eigenvalue weighted by atomic mass is 9.94. The molecule has 1 aromatic carbocycles. The van der Waals surface area contributed by atoms with Gasteiger partial charge in [0.2, 0.25) is 0 Å². The first kappa shape index (κ1) is 11.1. The number of nitrogens with one attached hydrogen (secondary N) is 1. The maximum Gasteiger partial charge on any atom is 0.142 e. The molecule has 1 aliphatic heterocycles. The molecule has 0 aromatic heterocycles. The number of hydrogen-bond acceptors (Lipinski definition) is 4. The Morgan fingerprint density at radius 2 is 1.94 bits per heavy atom. The Morgan fingerprint density at radius 3 is 2.50 bits per heavy atom. The second-order valence-electron chi connectivity index (χ2n) is 4.11. The van der Waals surface area contributed by atoms with E-state index in [2.05, 4.69) is 5.32 Å². The summed E-state index contributed by atoms with van der Waals surface area (Å²) >= 11 is 0. The van der Waals surface area contributed by atoms with Crippen molar-refractivity contribution in [2.24, 2.45) is 5.73 Å². The van der Waals surface area contributed by atoms with Crippen LogP contribution in [0.5, 0.6) is 11.5 Å². The van der Waals surface area contributed by atoms with E-state index in [0.717, 1.165) is 29.3 Å². The normalized spacial score (nSPS) is 19.9. The molecule has 2 atom stereocenters. The quantitative estimate of drug-likeness (QED) is 0.815. The van der Waals surface area contributed by atoms with Gasteiger partial charge < -0.3 is 20.5 Å². The van der Waals surface area contributed by atoms with Crippen molar-refractivity contribution in [3.05, 3.63) is 17.7 Å². The van der Waals surface area contributed by atoms with Crippen molar-refractivity contribution in [3.63, 3.8) is 0 Å². The number of ether oxygens (including phenoxy) is 2. The van der Waals surface area contributed by atoms with Gasteiger partial charge in [-0.2, -0.15) is 0 Å². The minimum absolute atomic E-state index is 0.0924. The number of anilines is 1. The summed E-state index contributed by atoms with van der Waals surface area (Å²) in [6.45, 7) is 2.85. The Hall–Kier alpha value is -1.42. The Balaban J connectivity index is 2.53. The molecule has 4 heteroatoms. The zero-order chi connectivity index (χ0) is 11.7. The summed E-state index contributed by atoms with van der Waals surface area (Å²) < 4.78 is 10.7. The van der Waals surface area contributed by atoms with E-state index in [-0.39, 0.29) is 12.0 Å². The van der Waals surface area contributed by atoms with Crippen LogP contribution in [0, 0.1) is 0 Å². The van der Waals surface area contributed by atoms with Crippen LogP contribution in [0.1, 0.15) is 18.4 Å². The molecule has 0 spiro atoms. The van der Waals surface area contributed by atoms with E-state index in [1.807, 2.05) is 19.1 Å². The van der Waals surface area contributed by atoms with E-state index < -0.39 is 0 Å². The Bertz CT molecular complexity index is 391. The van der Waals surface area contributed by atoms with Crippen molar-refractivity contribution in [1.82, 2.24) is 0 Å². The van der Waals surface area contributed by atoms with E-state index in [1.165, 1.54) is 0 Å². The monoisotopic (exact) mass is 222 g/mol. The third-order valence-corrected chi connectivity index (χ3v) is 3.11. The van der Waals surface area contributed by atoms with Crippen LogP contribution in [0.15, 0.2) is 12.1 Å². The van der Waals surface area contributed by atoms with Crippen LogP contribution in [0.3, 0.4) is 0 Å². The molecule has 2 rings (SSSR count). The van der Waals surface area contributed by atoms with Crippen LogP contribution in [0.25, 0.3) is 0 Å². The maximum absolute atomic E-state index is 5.99. The van der Waals surface area contributed by atoms with Crippen molar-refractivity contribution in [2.45, 2.75) is 18.9 Å². The van der Waals surface area contributed by atoms with Crippen molar-refractivity contribution in [1.29, 1.82) is 0 Å². The van der Waals surface area contributed by atoms with Gasteiger partial charge in [0.1, 0.15) is 11.5 Å². The minimum atomic E-state index is 0.0924. The highest BCUT2D eigenvalue weighted by Gasteiger charge is 2.31. The first-order valence-corrected chi connectivity index (χ1v) is 5.43. The van der Waals surface area contributed by atoms with Gasteiger partial charge >= 0.3 is 0 Å². The number of methoxy groups -OCH3 is 2. The molecule has 16 heavy (non-hydrogen) atoms. The molecular formula is C12H18N2O2. The van der Waals surface area contributed by atoms with Crippen molar-refractivity contribution in [2.75, 3.05) is 26.1 Å². The van der Waals surface area contributed by atoms with E-state index in [0.29, 0.717) is 0 Å². The molecule has 0 saturated carbocycles. The fourth-order valence-electron chi connectivity index (χ4n) is 2.24. The Kier molecular flexibility index (Phi) is 2.92. The molecule has 0 fully saturated rings. The molecule has 1 heterocycles. The second-order valence-corrected chi connectivity index (χ2v) is 4.11. The molecule has 0 radical (unpaired) electrons. The topological polar surface area (TPSA) is 56.5 Å². The lowest BCUT2D eigenvalue weighted by molar-refractivity contribution is 0.398. The lowest BCUT2D eigenvalue weighted by Gasteiger charge is -2.17. The smallest absolute Gasteiger partial charge is 0.142 e. The first-order valence-electron chi connectivity index (χ1n) is 5.43. The molecule has 4 nitrogen and oxygen atoms in total. The zero-order valence-corrected chi connectivity index (χ0v) is 9.91. The van der Waals surface area contributed by atoms with Gasteiger partial charge in [-0.15, -0.1) is 0 Å². The standard InChI is InChI=1S/C12H18N2O2/c1-7(13)8-6-14-12-10(16-3)5-4-9(15-2)11(8)12/h4-5,7-8,14H,6,13H2,1-3H3. The fraction of sp³-hybridized carbons (Fsp3) is 0.500. The summed E-state index contributed by atoms with van der Waals surface area (Å²) in [4.78, 5) is 0. The molecule has 2 unspecified atom stereocenters. The van der Waals surface area contributed by atoms with Crippen LogP contribution < -0.4 is 20.5 Å². The van der Waals surface area contributed by atoms with Gasteiger partial charge in [-0.05, 0) is 19.1 Å². The van der Waals surface area contributed by atoms with Gasteiger partial charge in [-0.3, -0.25) is 0 Å². The molecular weight excluding hydrogens is 204 g/mol. The van der Waals surface area contributed by atoms with Crippen LogP contribution in [0.4, 0.5) is 5.69 Å². The summed E-state index contributed by atoms with van der Waals surface area (Å²) in [6, 6.07) is 3.93. The summed E-state index contributed by atoms with van der Waals surface area (Å²) in [7, 11) is 3.35. The van der Waals surface area contributed by atoms with E-state index in [4.69, 9.17) is 15.2 Å². The second kappa shape index (κ2) is 4.22. The number of nitrogens with two attached hydrogens (primary N) is 1. The van der Waals surface area contributed by atoms with E-state index in [9.17, 15) is 0 Å². The summed E-state index contributed by atoms with van der Waals surface area (Å²) in [6.07, 6.45) is 0. The number of hydrogen-bond donors (Lipinski definition) is 2. The Morgan fingerprint density at radius 1 is 1.31 bits per heavy atom. The molecule has 1 aromatic rings. The van der Waals surface area contributed by atoms with Crippen molar-refractivity contribution >= 4 is 5.69 Å². The van der Waals surface area contributed by atoms with Crippen LogP contribution in [0.2, 0.25) is 0 Å². The molecule has 88 valence electrons. The predicted octanol–water partition coefficient (Wildman–Crippen LogP) is 1.56. The zero-order valence-electron chi connectivity index (χ0n) is 9.91. The van der Waals surface area contributed by atoms with Crippen molar-refractivity contribution < 1.29 is 9.47 Å². The SMILES string of the molecule is COc1ccc(OC)c2c1NCC2C(C)N. The summed E-state index contributed by atoms with van der Waals surface area (Å²) in [5.41, 5.74) is 8.14. The Labute approximate surface area is 95.7 Å². The van der Waals surface area contributed by atoms with Crippen LogP contribution in [-0.2, 0) is 0 Å². The number of benzene rings is 1. The largest absolute Gasteiger partial charge is 0.496 e. The first-order chi connectivity index (χ1) is 7.69. The average molecular weight is 222 g/mol. The molecule has 0 aliphatic carbocycles. The van der Waals surface area contributed by atoms with E-state index in [1.54, 1.807) is 14.2 Å². The fourth-order valence-corrected chi connectivity index (χ4v) is 2.24. The predicted molar refractivity (Wildman–Crippen MR) is 64.4 cm³/mol. The molecule has 0 saturated heterocycles. The molecule has 3 N–H and O–H groups in total.